The van der Waals surface area contributed by atoms with Crippen LogP contribution in [-0.4, -0.2) is 75.1 Å². The second-order valence-corrected chi connectivity index (χ2v) is 10.5. The van der Waals surface area contributed by atoms with Crippen LogP contribution in [0.3, 0.4) is 0 Å². The highest BCUT2D eigenvalue weighted by molar-refractivity contribution is 7.14. The summed E-state index contributed by atoms with van der Waals surface area (Å²) in [5.41, 5.74) is -1.30. The maximum atomic E-state index is 14.1. The predicted molar refractivity (Wildman–Crippen MR) is 141 cm³/mol. The van der Waals surface area contributed by atoms with Crippen molar-refractivity contribution >= 4 is 17.2 Å². The van der Waals surface area contributed by atoms with Crippen molar-refractivity contribution < 1.29 is 23.4 Å². The standard InChI is InChI=1S/C26H28F2N6O4S/c1-5-33-25(37)21-23(36)22(35)18(24-30-29-20(39-24)12-16-6-7-17(27)13-19(16)28)14-34(21)31(3)26(33)8-10-32(11-9-26)15(2)38-4/h6-7,13-14,36H,2,5,8-12H2,1,3-4H3. The van der Waals surface area contributed by atoms with Gasteiger partial charge in [-0.25, -0.2) is 8.78 Å². The number of fused-ring (bicyclic) bond motifs is 1. The number of carbonyl (C=O) groups excluding carboxylic acids is 1. The van der Waals surface area contributed by atoms with E-state index in [1.54, 1.807) is 12.0 Å². The first kappa shape index (κ1) is 26.6. The molecule has 1 spiro atoms. The van der Waals surface area contributed by atoms with E-state index < -0.39 is 34.4 Å². The lowest BCUT2D eigenvalue weighted by atomic mass is 9.92. The van der Waals surface area contributed by atoms with Gasteiger partial charge in [-0.2, -0.15) is 0 Å². The van der Waals surface area contributed by atoms with Crippen molar-refractivity contribution in [2.75, 3.05) is 38.8 Å². The summed E-state index contributed by atoms with van der Waals surface area (Å²) >= 11 is 1.06. The lowest BCUT2D eigenvalue weighted by Crippen LogP contribution is -2.71. The van der Waals surface area contributed by atoms with Gasteiger partial charge in [-0.05, 0) is 25.1 Å². The normalized spacial score (nSPS) is 16.5. The molecule has 2 aliphatic rings. The lowest BCUT2D eigenvalue weighted by molar-refractivity contribution is -0.00408. The van der Waals surface area contributed by atoms with Gasteiger partial charge in [0, 0.05) is 58.2 Å². The molecule has 1 aromatic carbocycles. The first-order chi connectivity index (χ1) is 18.6. The van der Waals surface area contributed by atoms with Crippen molar-refractivity contribution in [1.29, 1.82) is 0 Å². The van der Waals surface area contributed by atoms with Crippen LogP contribution in [0.15, 0.2) is 41.7 Å². The highest BCUT2D eigenvalue weighted by atomic mass is 32.1. The smallest absolute Gasteiger partial charge is 0.278 e. The van der Waals surface area contributed by atoms with Gasteiger partial charge >= 0.3 is 0 Å². The number of halogens is 2. The predicted octanol–water partition coefficient (Wildman–Crippen LogP) is 2.89. The Hall–Kier alpha value is -4.00. The zero-order valence-electron chi connectivity index (χ0n) is 21.8. The van der Waals surface area contributed by atoms with Crippen molar-refractivity contribution in [3.8, 4) is 16.3 Å². The Morgan fingerprint density at radius 2 is 1.95 bits per heavy atom. The van der Waals surface area contributed by atoms with Gasteiger partial charge in [0.05, 0.1) is 12.7 Å². The van der Waals surface area contributed by atoms with Crippen molar-refractivity contribution in [1.82, 2.24) is 24.7 Å². The topological polar surface area (TPSA) is 104 Å². The Morgan fingerprint density at radius 3 is 2.59 bits per heavy atom. The molecule has 13 heteroatoms. The quantitative estimate of drug-likeness (QED) is 0.461. The molecule has 2 aromatic heterocycles. The lowest BCUT2D eigenvalue weighted by Gasteiger charge is -2.57. The number of ether oxygens (including phenoxy) is 1. The Balaban J connectivity index is 1.53. The molecule has 4 heterocycles. The average molecular weight is 559 g/mol. The molecule has 206 valence electrons. The van der Waals surface area contributed by atoms with E-state index >= 15 is 0 Å². The summed E-state index contributed by atoms with van der Waals surface area (Å²) in [6.07, 6.45) is 2.68. The van der Waals surface area contributed by atoms with Crippen LogP contribution in [-0.2, 0) is 11.2 Å². The Morgan fingerprint density at radius 1 is 1.23 bits per heavy atom. The summed E-state index contributed by atoms with van der Waals surface area (Å²) in [5.74, 6) is -1.96. The highest BCUT2D eigenvalue weighted by Gasteiger charge is 2.51. The zero-order chi connectivity index (χ0) is 28.1. The molecule has 5 rings (SSSR count). The molecule has 10 nitrogen and oxygen atoms in total. The molecule has 1 fully saturated rings. The van der Waals surface area contributed by atoms with Gasteiger partial charge < -0.3 is 19.6 Å². The fourth-order valence-corrected chi connectivity index (χ4v) is 6.28. The van der Waals surface area contributed by atoms with Crippen molar-refractivity contribution in [2.24, 2.45) is 0 Å². The molecule has 0 unspecified atom stereocenters. The molecule has 0 bridgehead atoms. The van der Waals surface area contributed by atoms with Gasteiger partial charge in [0.1, 0.15) is 22.3 Å². The zero-order valence-corrected chi connectivity index (χ0v) is 22.6. The summed E-state index contributed by atoms with van der Waals surface area (Å²) in [5, 5.41) is 21.6. The van der Waals surface area contributed by atoms with E-state index in [-0.39, 0.29) is 28.2 Å². The number of hydrogen-bond donors (Lipinski definition) is 1. The average Bonchev–Trinajstić information content (AvgIpc) is 3.39. The van der Waals surface area contributed by atoms with Crippen molar-refractivity contribution in [2.45, 2.75) is 31.8 Å². The maximum absolute atomic E-state index is 14.1. The molecule has 1 amide bonds. The van der Waals surface area contributed by atoms with E-state index in [0.717, 1.165) is 23.5 Å². The number of amides is 1. The third-order valence-electron chi connectivity index (χ3n) is 7.56. The molecule has 2 aliphatic heterocycles. The van der Waals surface area contributed by atoms with E-state index in [1.165, 1.54) is 16.9 Å². The maximum Gasteiger partial charge on any atom is 0.278 e. The van der Waals surface area contributed by atoms with Crippen LogP contribution in [0.25, 0.3) is 10.6 Å². The summed E-state index contributed by atoms with van der Waals surface area (Å²) in [6.45, 7) is 7.35. The van der Waals surface area contributed by atoms with E-state index in [4.69, 9.17) is 4.74 Å². The van der Waals surface area contributed by atoms with E-state index in [2.05, 4.69) is 16.8 Å². The number of benzene rings is 1. The number of rotatable bonds is 6. The van der Waals surface area contributed by atoms with Crippen LogP contribution in [0.4, 0.5) is 8.78 Å². The Bertz CT molecular complexity index is 1510. The van der Waals surface area contributed by atoms with E-state index in [9.17, 15) is 23.5 Å². The first-order valence-corrected chi connectivity index (χ1v) is 13.2. The minimum atomic E-state index is -0.753. The monoisotopic (exact) mass is 558 g/mol. The van der Waals surface area contributed by atoms with Gasteiger partial charge in [0.15, 0.2) is 22.3 Å². The number of methoxy groups -OCH3 is 1. The minimum absolute atomic E-state index is 0.0538. The number of piperidine rings is 1. The molecule has 0 aliphatic carbocycles. The van der Waals surface area contributed by atoms with E-state index in [1.807, 2.05) is 23.9 Å². The third kappa shape index (κ3) is 4.30. The first-order valence-electron chi connectivity index (χ1n) is 12.4. The van der Waals surface area contributed by atoms with Crippen LogP contribution in [0.2, 0.25) is 0 Å². The molecule has 1 saturated heterocycles. The number of aromatic hydroxyl groups is 1. The van der Waals surface area contributed by atoms with Crippen molar-refractivity contribution in [3.63, 3.8) is 0 Å². The van der Waals surface area contributed by atoms with Crippen LogP contribution in [0, 0.1) is 11.6 Å². The Labute approximate surface area is 227 Å². The number of nitrogens with zero attached hydrogens (tertiary/aromatic N) is 6. The molecule has 1 N–H and O–H groups in total. The SMILES string of the molecule is C=C(OC)N1CCC2(CC1)N(CC)C(=O)c1c(O)c(=O)c(-c3nnc(Cc4ccc(F)cc4F)s3)cn1N2C. The summed E-state index contributed by atoms with van der Waals surface area (Å²) < 4.78 is 34.2. The van der Waals surface area contributed by atoms with E-state index in [0.29, 0.717) is 43.4 Å². The second-order valence-electron chi connectivity index (χ2n) is 9.47. The summed E-state index contributed by atoms with van der Waals surface area (Å²) in [4.78, 5) is 30.6. The van der Waals surface area contributed by atoms with Gasteiger partial charge in [0.25, 0.3) is 5.91 Å². The third-order valence-corrected chi connectivity index (χ3v) is 8.52. The molecule has 0 radical (unpaired) electrons. The fraction of sp³-hybridized carbons (Fsp3) is 0.385. The van der Waals surface area contributed by atoms with Crippen LogP contribution in [0.1, 0.15) is 40.8 Å². The highest BCUT2D eigenvalue weighted by Crippen LogP contribution is 2.39. The molecule has 3 aromatic rings. The molecule has 0 atom stereocenters. The van der Waals surface area contributed by atoms with Gasteiger partial charge in [-0.15, -0.1) is 10.2 Å². The minimum Gasteiger partial charge on any atom is -0.502 e. The summed E-state index contributed by atoms with van der Waals surface area (Å²) in [6, 6.07) is 3.29. The summed E-state index contributed by atoms with van der Waals surface area (Å²) in [7, 11) is 3.38. The largest absolute Gasteiger partial charge is 0.502 e. The number of carbonyl (C=O) groups is 1. The van der Waals surface area contributed by atoms with Crippen LogP contribution >= 0.6 is 11.3 Å². The van der Waals surface area contributed by atoms with Crippen LogP contribution in [0.5, 0.6) is 5.75 Å². The Kier molecular flexibility index (Phi) is 6.79. The molecule has 0 saturated carbocycles. The number of hydrogen-bond acceptors (Lipinski definition) is 9. The molecular weight excluding hydrogens is 530 g/mol. The second kappa shape index (κ2) is 9.95. The number of pyridine rings is 1. The fourth-order valence-electron chi connectivity index (χ4n) is 5.41. The number of likely N-dealkylation sites (tertiary alicyclic amines) is 1. The van der Waals surface area contributed by atoms with Crippen LogP contribution < -0.4 is 10.4 Å². The van der Waals surface area contributed by atoms with Crippen molar-refractivity contribution in [3.05, 3.63) is 75.0 Å². The molecule has 39 heavy (non-hydrogen) atoms. The van der Waals surface area contributed by atoms with Gasteiger partial charge in [-0.3, -0.25) is 19.3 Å². The number of aromatic nitrogens is 3. The van der Waals surface area contributed by atoms with Gasteiger partial charge in [0.2, 0.25) is 5.43 Å². The van der Waals surface area contributed by atoms with Gasteiger partial charge in [-0.1, -0.05) is 17.4 Å². The molecular formula is C26H28F2N6O4S.